The molecule has 0 bridgehead atoms. The lowest BCUT2D eigenvalue weighted by molar-refractivity contribution is -0.116. The third-order valence-electron chi connectivity index (χ3n) is 5.98. The van der Waals surface area contributed by atoms with Gasteiger partial charge in [0.1, 0.15) is 10.7 Å². The van der Waals surface area contributed by atoms with Gasteiger partial charge in [-0.1, -0.05) is 23.7 Å². The van der Waals surface area contributed by atoms with Gasteiger partial charge in [-0.2, -0.15) is 4.31 Å². The van der Waals surface area contributed by atoms with Crippen LogP contribution in [0.1, 0.15) is 6.42 Å². The van der Waals surface area contributed by atoms with Gasteiger partial charge >= 0.3 is 0 Å². The molecule has 1 spiro atoms. The van der Waals surface area contributed by atoms with Crippen molar-refractivity contribution in [2.45, 2.75) is 23.2 Å². The normalized spacial score (nSPS) is 24.1. The van der Waals surface area contributed by atoms with Crippen molar-refractivity contribution < 1.29 is 26.3 Å². The lowest BCUT2D eigenvalue weighted by Crippen LogP contribution is -2.62. The second-order valence-corrected chi connectivity index (χ2v) is 10.1. The van der Waals surface area contributed by atoms with E-state index in [0.717, 1.165) is 16.4 Å². The fourth-order valence-electron chi connectivity index (χ4n) is 4.34. The van der Waals surface area contributed by atoms with Crippen LogP contribution in [0.2, 0.25) is 5.02 Å². The Morgan fingerprint density at radius 1 is 1.12 bits per heavy atom. The first-order valence-electron chi connectivity index (χ1n) is 10.1. The zero-order valence-corrected chi connectivity index (χ0v) is 18.7. The summed E-state index contributed by atoms with van der Waals surface area (Å²) in [6, 6.07) is 7.86. The molecule has 0 radical (unpaired) electrons. The number of ether oxygens (including phenoxy) is 1. The number of alkyl halides is 1. The number of piperidine rings is 1. The Kier molecular flexibility index (Phi) is 5.47. The summed E-state index contributed by atoms with van der Waals surface area (Å²) in [4.78, 5) is 9.83. The predicted molar refractivity (Wildman–Crippen MR) is 115 cm³/mol. The van der Waals surface area contributed by atoms with Gasteiger partial charge in [0.05, 0.1) is 35.4 Å². The van der Waals surface area contributed by atoms with Crippen molar-refractivity contribution in [3.05, 3.63) is 59.3 Å². The van der Waals surface area contributed by atoms with E-state index in [9.17, 15) is 17.2 Å². The van der Waals surface area contributed by atoms with E-state index in [4.69, 9.17) is 16.3 Å². The third kappa shape index (κ3) is 3.63. The molecule has 33 heavy (non-hydrogen) atoms. The SMILES string of the molecule is O=S(=O)(c1ccccc1Cl)N1CCO[C@]12CCN(c1cnc3cc(F)c(F)cc3n1)C[C@@H]2F. The van der Waals surface area contributed by atoms with Crippen LogP contribution in [0.25, 0.3) is 11.0 Å². The third-order valence-corrected chi connectivity index (χ3v) is 8.40. The van der Waals surface area contributed by atoms with Crippen LogP contribution in [0.5, 0.6) is 0 Å². The maximum atomic E-state index is 15.6. The van der Waals surface area contributed by atoms with E-state index < -0.39 is 33.6 Å². The van der Waals surface area contributed by atoms with E-state index in [2.05, 4.69) is 9.97 Å². The van der Waals surface area contributed by atoms with E-state index in [1.165, 1.54) is 18.3 Å². The van der Waals surface area contributed by atoms with Gasteiger partial charge in [0.15, 0.2) is 23.5 Å². The van der Waals surface area contributed by atoms with Crippen molar-refractivity contribution in [1.29, 1.82) is 0 Å². The molecule has 2 aliphatic heterocycles. The zero-order chi connectivity index (χ0) is 23.4. The van der Waals surface area contributed by atoms with E-state index in [1.807, 2.05) is 0 Å². The molecule has 5 rings (SSSR count). The quantitative estimate of drug-likeness (QED) is 0.550. The van der Waals surface area contributed by atoms with Crippen molar-refractivity contribution in [3.63, 3.8) is 0 Å². The number of anilines is 1. The minimum atomic E-state index is -4.12. The van der Waals surface area contributed by atoms with Crippen LogP contribution in [0.4, 0.5) is 19.0 Å². The molecular formula is C21H18ClF3N4O3S. The standard InChI is InChI=1S/C21H18ClF3N4O3S/c22-13-3-1-2-4-18(13)33(30,31)29-7-8-32-21(29)5-6-28(12-19(21)25)20-11-26-16-9-14(23)15(24)10-17(16)27-20/h1-4,9-11,19H,5-8,12H2/t19-,21-/m0/s1. The fourth-order valence-corrected chi connectivity index (χ4v) is 6.56. The Bertz CT molecular complexity index is 1350. The second kappa shape index (κ2) is 8.08. The van der Waals surface area contributed by atoms with Crippen LogP contribution in [-0.2, 0) is 14.8 Å². The van der Waals surface area contributed by atoms with Crippen molar-refractivity contribution in [1.82, 2.24) is 14.3 Å². The molecule has 2 aliphatic rings. The molecular weight excluding hydrogens is 481 g/mol. The molecule has 3 heterocycles. The van der Waals surface area contributed by atoms with Crippen molar-refractivity contribution in [3.8, 4) is 0 Å². The van der Waals surface area contributed by atoms with E-state index in [-0.39, 0.29) is 59.4 Å². The van der Waals surface area contributed by atoms with Gasteiger partial charge < -0.3 is 9.64 Å². The van der Waals surface area contributed by atoms with Crippen LogP contribution in [-0.4, -0.2) is 60.8 Å². The van der Waals surface area contributed by atoms with Gasteiger partial charge in [-0.05, 0) is 12.1 Å². The molecule has 2 aromatic carbocycles. The molecule has 1 aromatic heterocycles. The average molecular weight is 499 g/mol. The van der Waals surface area contributed by atoms with Crippen LogP contribution in [0.15, 0.2) is 47.5 Å². The summed E-state index contributed by atoms with van der Waals surface area (Å²) in [5.41, 5.74) is -1.38. The minimum absolute atomic E-state index is 0.00536. The molecule has 174 valence electrons. The molecule has 2 saturated heterocycles. The molecule has 0 amide bonds. The molecule has 0 saturated carbocycles. The van der Waals surface area contributed by atoms with E-state index in [0.29, 0.717) is 0 Å². The number of aromatic nitrogens is 2. The van der Waals surface area contributed by atoms with E-state index in [1.54, 1.807) is 17.0 Å². The minimum Gasteiger partial charge on any atom is -0.355 e. The molecule has 0 unspecified atom stereocenters. The predicted octanol–water partition coefficient (Wildman–Crippen LogP) is 3.53. The Morgan fingerprint density at radius 2 is 1.85 bits per heavy atom. The second-order valence-electron chi connectivity index (χ2n) is 7.85. The van der Waals surface area contributed by atoms with Crippen molar-refractivity contribution in [2.24, 2.45) is 0 Å². The first-order valence-corrected chi connectivity index (χ1v) is 12.0. The van der Waals surface area contributed by atoms with Gasteiger partial charge in [-0.3, -0.25) is 4.98 Å². The summed E-state index contributed by atoms with van der Waals surface area (Å²) >= 11 is 6.11. The molecule has 0 aliphatic carbocycles. The summed E-state index contributed by atoms with van der Waals surface area (Å²) < 4.78 is 76.1. The molecule has 12 heteroatoms. The van der Waals surface area contributed by atoms with Crippen molar-refractivity contribution in [2.75, 3.05) is 31.1 Å². The van der Waals surface area contributed by atoms with Gasteiger partial charge in [0.2, 0.25) is 10.0 Å². The van der Waals surface area contributed by atoms with Gasteiger partial charge in [0, 0.05) is 31.6 Å². The molecule has 7 nitrogen and oxygen atoms in total. The zero-order valence-electron chi connectivity index (χ0n) is 17.1. The number of hydrogen-bond donors (Lipinski definition) is 0. The van der Waals surface area contributed by atoms with Crippen LogP contribution >= 0.6 is 11.6 Å². The van der Waals surface area contributed by atoms with Crippen LogP contribution in [0, 0.1) is 11.6 Å². The number of rotatable bonds is 3. The van der Waals surface area contributed by atoms with Gasteiger partial charge in [-0.15, -0.1) is 0 Å². The Morgan fingerprint density at radius 3 is 2.58 bits per heavy atom. The summed E-state index contributed by atoms with van der Waals surface area (Å²) in [6.07, 6.45) is -0.346. The number of nitrogens with zero attached hydrogens (tertiary/aromatic N) is 4. The number of sulfonamides is 1. The summed E-state index contributed by atoms with van der Waals surface area (Å²) in [5, 5.41) is 0.0440. The lowest BCUT2D eigenvalue weighted by atomic mass is 9.98. The van der Waals surface area contributed by atoms with E-state index >= 15 is 4.39 Å². The Balaban J connectivity index is 1.43. The molecule has 2 fully saturated rings. The van der Waals surface area contributed by atoms with Gasteiger partial charge in [-0.25, -0.2) is 26.6 Å². The fraction of sp³-hybridized carbons (Fsp3) is 0.333. The van der Waals surface area contributed by atoms with Crippen LogP contribution < -0.4 is 4.90 Å². The smallest absolute Gasteiger partial charge is 0.247 e. The molecule has 2 atom stereocenters. The summed E-state index contributed by atoms with van der Waals surface area (Å²) in [7, 11) is -4.12. The highest BCUT2D eigenvalue weighted by Gasteiger charge is 2.57. The topological polar surface area (TPSA) is 75.6 Å². The summed E-state index contributed by atoms with van der Waals surface area (Å²) in [5.74, 6) is -1.83. The number of fused-ring (bicyclic) bond motifs is 1. The number of benzene rings is 2. The summed E-state index contributed by atoms with van der Waals surface area (Å²) in [6.45, 7) is 0.0244. The highest BCUT2D eigenvalue weighted by atomic mass is 35.5. The first kappa shape index (κ1) is 22.3. The van der Waals surface area contributed by atoms with Crippen LogP contribution in [0.3, 0.4) is 0 Å². The maximum Gasteiger partial charge on any atom is 0.247 e. The largest absolute Gasteiger partial charge is 0.355 e. The highest BCUT2D eigenvalue weighted by molar-refractivity contribution is 7.89. The monoisotopic (exact) mass is 498 g/mol. The number of hydrogen-bond acceptors (Lipinski definition) is 6. The number of halogens is 4. The Hall–Kier alpha value is -2.47. The molecule has 0 N–H and O–H groups in total. The van der Waals surface area contributed by atoms with Gasteiger partial charge in [0.25, 0.3) is 0 Å². The molecule has 3 aromatic rings. The maximum absolute atomic E-state index is 15.6. The van der Waals surface area contributed by atoms with Crippen molar-refractivity contribution >= 4 is 38.5 Å². The Labute approximate surface area is 192 Å². The first-order chi connectivity index (χ1) is 15.7. The average Bonchev–Trinajstić information content (AvgIpc) is 3.22. The highest BCUT2D eigenvalue weighted by Crippen LogP contribution is 2.41. The lowest BCUT2D eigenvalue weighted by Gasteiger charge is -2.45.